The Morgan fingerprint density at radius 2 is 1.96 bits per heavy atom. The predicted octanol–water partition coefficient (Wildman–Crippen LogP) is 2.09. The lowest BCUT2D eigenvalue weighted by atomic mass is 10.2. The molecule has 0 radical (unpaired) electrons. The number of nitrogens with one attached hydrogen (secondary N) is 1. The third-order valence-electron chi connectivity index (χ3n) is 3.46. The van der Waals surface area contributed by atoms with E-state index < -0.39 is 0 Å². The number of nitrogens with zero attached hydrogens (tertiary/aromatic N) is 4. The van der Waals surface area contributed by atoms with Crippen LogP contribution < -0.4 is 10.9 Å². The summed E-state index contributed by atoms with van der Waals surface area (Å²) in [5.41, 5.74) is 1.60. The van der Waals surface area contributed by atoms with Crippen LogP contribution in [0.1, 0.15) is 23.8 Å². The van der Waals surface area contributed by atoms with Gasteiger partial charge in [-0.3, -0.25) is 9.59 Å². The van der Waals surface area contributed by atoms with Gasteiger partial charge in [0.2, 0.25) is 0 Å². The number of hydrogen-bond donors (Lipinski definition) is 1. The van der Waals surface area contributed by atoms with Crippen LogP contribution in [0.15, 0.2) is 59.9 Å². The van der Waals surface area contributed by atoms with Crippen molar-refractivity contribution in [2.24, 2.45) is 0 Å². The molecule has 2 heterocycles. The highest BCUT2D eigenvalue weighted by molar-refractivity contribution is 6.02. The standard InChI is InChI=1S/C17H17N5O2/c1-2-10-22-16(23)8-7-15(20-22)17(24)19-13-3-5-14(6-4-13)21-11-9-18-12-21/h3-9,11-12H,2,10H2,1H3,(H,19,24). The summed E-state index contributed by atoms with van der Waals surface area (Å²) in [7, 11) is 0. The second-order valence-corrected chi connectivity index (χ2v) is 5.25. The second kappa shape index (κ2) is 6.91. The molecule has 122 valence electrons. The Bertz CT molecular complexity index is 882. The Hall–Kier alpha value is -3.22. The summed E-state index contributed by atoms with van der Waals surface area (Å²) < 4.78 is 3.17. The van der Waals surface area contributed by atoms with Crippen LogP contribution in [0.25, 0.3) is 5.69 Å². The first-order valence-electron chi connectivity index (χ1n) is 7.65. The van der Waals surface area contributed by atoms with Crippen molar-refractivity contribution in [3.05, 3.63) is 71.2 Å². The molecule has 24 heavy (non-hydrogen) atoms. The van der Waals surface area contributed by atoms with E-state index in [2.05, 4.69) is 15.4 Å². The van der Waals surface area contributed by atoms with Crippen LogP contribution in [0, 0.1) is 0 Å². The maximum absolute atomic E-state index is 12.3. The number of imidazole rings is 1. The lowest BCUT2D eigenvalue weighted by Crippen LogP contribution is -2.26. The summed E-state index contributed by atoms with van der Waals surface area (Å²) in [5, 5.41) is 6.87. The molecule has 3 rings (SSSR count). The minimum Gasteiger partial charge on any atom is -0.321 e. The van der Waals surface area contributed by atoms with Gasteiger partial charge in [0.15, 0.2) is 0 Å². The molecule has 0 saturated carbocycles. The molecule has 0 spiro atoms. The Morgan fingerprint density at radius 1 is 1.17 bits per heavy atom. The van der Waals surface area contributed by atoms with Crippen LogP contribution in [-0.4, -0.2) is 25.2 Å². The van der Waals surface area contributed by atoms with E-state index in [9.17, 15) is 9.59 Å². The molecule has 0 aliphatic carbocycles. The fraction of sp³-hybridized carbons (Fsp3) is 0.176. The summed E-state index contributed by atoms with van der Waals surface area (Å²) in [6, 6.07) is 10.2. The predicted molar refractivity (Wildman–Crippen MR) is 90.3 cm³/mol. The van der Waals surface area contributed by atoms with E-state index in [0.717, 1.165) is 12.1 Å². The van der Waals surface area contributed by atoms with Crippen LogP contribution in [0.3, 0.4) is 0 Å². The zero-order valence-corrected chi connectivity index (χ0v) is 13.2. The summed E-state index contributed by atoms with van der Waals surface area (Å²) in [6.07, 6.45) is 6.02. The Morgan fingerprint density at radius 3 is 2.62 bits per heavy atom. The fourth-order valence-corrected chi connectivity index (χ4v) is 2.27. The van der Waals surface area contributed by atoms with Gasteiger partial charge in [-0.25, -0.2) is 9.67 Å². The molecule has 2 aromatic heterocycles. The molecule has 3 aromatic rings. The van der Waals surface area contributed by atoms with E-state index in [1.54, 1.807) is 24.7 Å². The van der Waals surface area contributed by atoms with Crippen LogP contribution in [0.2, 0.25) is 0 Å². The molecular formula is C17H17N5O2. The zero-order chi connectivity index (χ0) is 16.9. The van der Waals surface area contributed by atoms with E-state index in [0.29, 0.717) is 12.2 Å². The van der Waals surface area contributed by atoms with Gasteiger partial charge in [0.25, 0.3) is 11.5 Å². The van der Waals surface area contributed by atoms with E-state index in [1.807, 2.05) is 29.8 Å². The highest BCUT2D eigenvalue weighted by atomic mass is 16.2. The molecule has 0 aliphatic rings. The van der Waals surface area contributed by atoms with Gasteiger partial charge in [-0.1, -0.05) is 6.92 Å². The number of amides is 1. The average Bonchev–Trinajstić information content (AvgIpc) is 3.12. The fourth-order valence-electron chi connectivity index (χ4n) is 2.27. The van der Waals surface area contributed by atoms with Crippen molar-refractivity contribution in [1.82, 2.24) is 19.3 Å². The molecular weight excluding hydrogens is 306 g/mol. The van der Waals surface area contributed by atoms with Crippen molar-refractivity contribution in [2.45, 2.75) is 19.9 Å². The van der Waals surface area contributed by atoms with Gasteiger partial charge < -0.3 is 9.88 Å². The van der Waals surface area contributed by atoms with Crippen molar-refractivity contribution >= 4 is 11.6 Å². The van der Waals surface area contributed by atoms with Gasteiger partial charge >= 0.3 is 0 Å². The van der Waals surface area contributed by atoms with Crippen LogP contribution in [0.4, 0.5) is 5.69 Å². The molecule has 0 saturated heterocycles. The number of aromatic nitrogens is 4. The van der Waals surface area contributed by atoms with Gasteiger partial charge in [0.1, 0.15) is 5.69 Å². The largest absolute Gasteiger partial charge is 0.321 e. The third kappa shape index (κ3) is 3.40. The molecule has 0 fully saturated rings. The van der Waals surface area contributed by atoms with Crippen LogP contribution >= 0.6 is 0 Å². The molecule has 0 aliphatic heterocycles. The Labute approximate surface area is 138 Å². The summed E-state index contributed by atoms with van der Waals surface area (Å²) >= 11 is 0. The van der Waals surface area contributed by atoms with Crippen LogP contribution in [-0.2, 0) is 6.54 Å². The molecule has 0 atom stereocenters. The highest BCUT2D eigenvalue weighted by Crippen LogP contribution is 2.13. The zero-order valence-electron chi connectivity index (χ0n) is 13.2. The SMILES string of the molecule is CCCn1nc(C(=O)Nc2ccc(-n3ccnc3)cc2)ccc1=O. The first-order valence-corrected chi connectivity index (χ1v) is 7.65. The molecule has 0 unspecified atom stereocenters. The van der Waals surface area contributed by atoms with E-state index in [4.69, 9.17) is 0 Å². The van der Waals surface area contributed by atoms with Gasteiger partial charge in [-0.15, -0.1) is 0 Å². The van der Waals surface area contributed by atoms with Crippen molar-refractivity contribution in [3.63, 3.8) is 0 Å². The first kappa shape index (κ1) is 15.7. The molecule has 0 bridgehead atoms. The van der Waals surface area contributed by atoms with Gasteiger partial charge in [-0.05, 0) is 36.8 Å². The van der Waals surface area contributed by atoms with Gasteiger partial charge in [-0.2, -0.15) is 5.10 Å². The lowest BCUT2D eigenvalue weighted by Gasteiger charge is -2.08. The average molecular weight is 323 g/mol. The van der Waals surface area contributed by atoms with Crippen molar-refractivity contribution in [1.29, 1.82) is 0 Å². The normalized spacial score (nSPS) is 10.5. The summed E-state index contributed by atoms with van der Waals surface area (Å²) in [5.74, 6) is -0.352. The monoisotopic (exact) mass is 323 g/mol. The molecule has 7 nitrogen and oxygen atoms in total. The van der Waals surface area contributed by atoms with Crippen LogP contribution in [0.5, 0.6) is 0 Å². The number of carbonyl (C=O) groups excluding carboxylic acids is 1. The number of rotatable bonds is 5. The summed E-state index contributed by atoms with van der Waals surface area (Å²) in [6.45, 7) is 2.43. The van der Waals surface area contributed by atoms with Crippen molar-refractivity contribution < 1.29 is 4.79 Å². The maximum Gasteiger partial charge on any atom is 0.276 e. The van der Waals surface area contributed by atoms with Crippen molar-refractivity contribution in [3.8, 4) is 5.69 Å². The van der Waals surface area contributed by atoms with E-state index in [1.165, 1.54) is 16.8 Å². The van der Waals surface area contributed by atoms with E-state index >= 15 is 0 Å². The Balaban J connectivity index is 1.75. The minimum atomic E-state index is -0.352. The third-order valence-corrected chi connectivity index (χ3v) is 3.46. The molecule has 1 aromatic carbocycles. The number of benzene rings is 1. The molecule has 7 heteroatoms. The topological polar surface area (TPSA) is 81.8 Å². The number of anilines is 1. The van der Waals surface area contributed by atoms with Gasteiger partial charge in [0, 0.05) is 36.4 Å². The smallest absolute Gasteiger partial charge is 0.276 e. The highest BCUT2D eigenvalue weighted by Gasteiger charge is 2.10. The Kier molecular flexibility index (Phi) is 4.51. The van der Waals surface area contributed by atoms with E-state index in [-0.39, 0.29) is 17.2 Å². The molecule has 1 N–H and O–H groups in total. The van der Waals surface area contributed by atoms with Crippen molar-refractivity contribution in [2.75, 3.05) is 5.32 Å². The lowest BCUT2D eigenvalue weighted by molar-refractivity contribution is 0.102. The maximum atomic E-state index is 12.3. The first-order chi connectivity index (χ1) is 11.7. The number of aryl methyl sites for hydroxylation is 1. The number of hydrogen-bond acceptors (Lipinski definition) is 4. The van der Waals surface area contributed by atoms with Gasteiger partial charge in [0.05, 0.1) is 6.33 Å². The summed E-state index contributed by atoms with van der Waals surface area (Å²) in [4.78, 5) is 27.9. The quantitative estimate of drug-likeness (QED) is 0.779. The second-order valence-electron chi connectivity index (χ2n) is 5.25. The number of carbonyl (C=O) groups is 1. The minimum absolute atomic E-state index is 0.210. The molecule has 1 amide bonds.